The Morgan fingerprint density at radius 2 is 2.03 bits per heavy atom. The predicted octanol–water partition coefficient (Wildman–Crippen LogP) is 2.89. The molecule has 1 aliphatic rings. The summed E-state index contributed by atoms with van der Waals surface area (Å²) in [4.78, 5) is 26.1. The molecule has 3 heterocycles. The Morgan fingerprint density at radius 1 is 1.27 bits per heavy atom. The van der Waals surface area contributed by atoms with Gasteiger partial charge in [-0.1, -0.05) is 11.6 Å². The molecule has 1 N–H and O–H groups in total. The van der Waals surface area contributed by atoms with Crippen LogP contribution in [0.1, 0.15) is 24.1 Å². The average Bonchev–Trinajstić information content (AvgIpc) is 3.40. The van der Waals surface area contributed by atoms with E-state index in [-0.39, 0.29) is 16.6 Å². The molecule has 2 aromatic heterocycles. The predicted molar refractivity (Wildman–Crippen MR) is 94.3 cm³/mol. The summed E-state index contributed by atoms with van der Waals surface area (Å²) in [6.07, 6.45) is -3.38. The first-order chi connectivity index (χ1) is 14.1. The standard InChI is InChI=1S/C17H12ClF3N6O3/c1-16(12-3-2-6-30-12)14(28)26(15(29)22-16)8-13-23-24-25-27(13)11-5-4-9(18)7-10(11)17(19,20)21/h2-7H,8H2,1H3,(H,22,29). The summed E-state index contributed by atoms with van der Waals surface area (Å²) in [5, 5.41) is 13.1. The Morgan fingerprint density at radius 3 is 2.70 bits per heavy atom. The van der Waals surface area contributed by atoms with Gasteiger partial charge < -0.3 is 9.73 Å². The van der Waals surface area contributed by atoms with Crippen molar-refractivity contribution in [2.45, 2.75) is 25.2 Å². The molecule has 13 heteroatoms. The van der Waals surface area contributed by atoms with Gasteiger partial charge in [0.1, 0.15) is 5.76 Å². The maximum absolute atomic E-state index is 13.5. The number of hydrogen-bond donors (Lipinski definition) is 1. The van der Waals surface area contributed by atoms with Gasteiger partial charge in [-0.05, 0) is 47.7 Å². The number of carbonyl (C=O) groups excluding carboxylic acids is 2. The maximum atomic E-state index is 13.5. The summed E-state index contributed by atoms with van der Waals surface area (Å²) in [6.45, 7) is 0.990. The normalized spacial score (nSPS) is 19.4. The highest BCUT2D eigenvalue weighted by Gasteiger charge is 2.51. The molecule has 1 atom stereocenters. The molecular weight excluding hydrogens is 429 g/mol. The van der Waals surface area contributed by atoms with Crippen molar-refractivity contribution in [3.05, 3.63) is 58.8 Å². The van der Waals surface area contributed by atoms with E-state index < -0.39 is 41.4 Å². The van der Waals surface area contributed by atoms with Crippen LogP contribution in [0.25, 0.3) is 5.69 Å². The SMILES string of the molecule is CC1(c2ccco2)NC(=O)N(Cc2nnnn2-c2ccc(Cl)cc2C(F)(F)F)C1=O. The lowest BCUT2D eigenvalue weighted by molar-refractivity contribution is -0.137. The zero-order chi connectivity index (χ0) is 21.7. The highest BCUT2D eigenvalue weighted by molar-refractivity contribution is 6.30. The molecule has 1 aliphatic heterocycles. The molecule has 0 radical (unpaired) electrons. The van der Waals surface area contributed by atoms with Crippen LogP contribution >= 0.6 is 11.6 Å². The summed E-state index contributed by atoms with van der Waals surface area (Å²) >= 11 is 5.70. The Hall–Kier alpha value is -3.41. The third kappa shape index (κ3) is 3.18. The molecule has 1 fully saturated rings. The van der Waals surface area contributed by atoms with Crippen molar-refractivity contribution in [3.63, 3.8) is 0 Å². The second-order valence-corrected chi connectivity index (χ2v) is 7.03. The number of urea groups is 1. The highest BCUT2D eigenvalue weighted by Crippen LogP contribution is 2.36. The summed E-state index contributed by atoms with van der Waals surface area (Å²) < 4.78 is 46.4. The summed E-state index contributed by atoms with van der Waals surface area (Å²) in [5.41, 5.74) is -2.93. The molecule has 30 heavy (non-hydrogen) atoms. The summed E-state index contributed by atoms with van der Waals surface area (Å²) in [6, 6.07) is 5.41. The Kier molecular flexibility index (Phi) is 4.53. The number of benzene rings is 1. The van der Waals surface area contributed by atoms with E-state index in [9.17, 15) is 22.8 Å². The fourth-order valence-electron chi connectivity index (χ4n) is 3.12. The quantitative estimate of drug-likeness (QED) is 0.625. The molecule has 3 amide bonds. The molecule has 4 rings (SSSR count). The minimum absolute atomic E-state index is 0.121. The number of amides is 3. The van der Waals surface area contributed by atoms with Gasteiger partial charge >= 0.3 is 12.2 Å². The summed E-state index contributed by atoms with van der Waals surface area (Å²) in [5.74, 6) is -0.612. The Bertz CT molecular complexity index is 1130. The van der Waals surface area contributed by atoms with Gasteiger partial charge in [-0.25, -0.2) is 4.79 Å². The van der Waals surface area contributed by atoms with E-state index in [0.717, 1.165) is 21.7 Å². The van der Waals surface area contributed by atoms with Crippen LogP contribution in [-0.2, 0) is 23.1 Å². The first-order valence-electron chi connectivity index (χ1n) is 8.44. The minimum Gasteiger partial charge on any atom is -0.466 e. The van der Waals surface area contributed by atoms with Crippen LogP contribution in [-0.4, -0.2) is 37.0 Å². The minimum atomic E-state index is -4.73. The fraction of sp³-hybridized carbons (Fsp3) is 0.235. The van der Waals surface area contributed by atoms with Gasteiger partial charge in [0.2, 0.25) is 0 Å². The van der Waals surface area contributed by atoms with Gasteiger partial charge in [0.25, 0.3) is 5.91 Å². The number of furan rings is 1. The topological polar surface area (TPSA) is 106 Å². The monoisotopic (exact) mass is 440 g/mol. The van der Waals surface area contributed by atoms with Crippen molar-refractivity contribution in [3.8, 4) is 5.69 Å². The van der Waals surface area contributed by atoms with Gasteiger partial charge in [0.05, 0.1) is 24.1 Å². The van der Waals surface area contributed by atoms with Crippen molar-refractivity contribution in [2.75, 3.05) is 0 Å². The largest absolute Gasteiger partial charge is 0.466 e. The molecule has 156 valence electrons. The first-order valence-corrected chi connectivity index (χ1v) is 8.81. The average molecular weight is 441 g/mol. The third-order valence-corrected chi connectivity index (χ3v) is 4.85. The molecule has 1 aromatic carbocycles. The van der Waals surface area contributed by atoms with Gasteiger partial charge in [-0.15, -0.1) is 5.10 Å². The first kappa shape index (κ1) is 19.9. The van der Waals surface area contributed by atoms with E-state index in [4.69, 9.17) is 16.0 Å². The zero-order valence-electron chi connectivity index (χ0n) is 15.1. The number of nitrogens with one attached hydrogen (secondary N) is 1. The molecule has 1 saturated heterocycles. The number of alkyl halides is 3. The molecule has 3 aromatic rings. The molecular formula is C17H12ClF3N6O3. The number of imide groups is 1. The van der Waals surface area contributed by atoms with Crippen molar-refractivity contribution < 1.29 is 27.2 Å². The lowest BCUT2D eigenvalue weighted by atomic mass is 9.99. The third-order valence-electron chi connectivity index (χ3n) is 4.61. The molecule has 0 aliphatic carbocycles. The molecule has 0 saturated carbocycles. The van der Waals surface area contributed by atoms with Crippen LogP contribution in [0.5, 0.6) is 0 Å². The van der Waals surface area contributed by atoms with Crippen molar-refractivity contribution in [1.82, 2.24) is 30.4 Å². The number of carbonyl (C=O) groups is 2. The van der Waals surface area contributed by atoms with Crippen LogP contribution in [0.4, 0.5) is 18.0 Å². The molecule has 0 spiro atoms. The van der Waals surface area contributed by atoms with E-state index in [1.54, 1.807) is 6.07 Å². The number of tetrazole rings is 1. The van der Waals surface area contributed by atoms with E-state index in [0.29, 0.717) is 0 Å². The van der Waals surface area contributed by atoms with E-state index in [1.165, 1.54) is 25.3 Å². The Balaban J connectivity index is 1.69. The van der Waals surface area contributed by atoms with E-state index >= 15 is 0 Å². The van der Waals surface area contributed by atoms with Crippen molar-refractivity contribution in [1.29, 1.82) is 0 Å². The molecule has 0 bridgehead atoms. The van der Waals surface area contributed by atoms with Gasteiger partial charge in [0, 0.05) is 5.02 Å². The smallest absolute Gasteiger partial charge is 0.418 e. The van der Waals surface area contributed by atoms with E-state index in [2.05, 4.69) is 20.8 Å². The molecule has 9 nitrogen and oxygen atoms in total. The van der Waals surface area contributed by atoms with Crippen LogP contribution in [0.3, 0.4) is 0 Å². The van der Waals surface area contributed by atoms with Crippen LogP contribution in [0.2, 0.25) is 5.02 Å². The number of hydrogen-bond acceptors (Lipinski definition) is 6. The van der Waals surface area contributed by atoms with E-state index in [1.807, 2.05) is 0 Å². The highest BCUT2D eigenvalue weighted by atomic mass is 35.5. The zero-order valence-corrected chi connectivity index (χ0v) is 15.9. The lowest BCUT2D eigenvalue weighted by Crippen LogP contribution is -2.40. The van der Waals surface area contributed by atoms with Crippen molar-refractivity contribution >= 4 is 23.5 Å². The Labute approximate surface area is 171 Å². The number of rotatable bonds is 4. The van der Waals surface area contributed by atoms with Gasteiger partial charge in [-0.2, -0.15) is 17.9 Å². The molecule has 1 unspecified atom stereocenters. The number of aromatic nitrogens is 4. The van der Waals surface area contributed by atoms with Crippen LogP contribution < -0.4 is 5.32 Å². The fourth-order valence-corrected chi connectivity index (χ4v) is 3.30. The van der Waals surface area contributed by atoms with Crippen LogP contribution in [0, 0.1) is 0 Å². The van der Waals surface area contributed by atoms with Crippen LogP contribution in [0.15, 0.2) is 41.0 Å². The second kappa shape index (κ2) is 6.83. The number of halogens is 4. The van der Waals surface area contributed by atoms with Gasteiger partial charge in [-0.3, -0.25) is 9.69 Å². The maximum Gasteiger partial charge on any atom is 0.418 e. The number of nitrogens with zero attached hydrogens (tertiary/aromatic N) is 5. The van der Waals surface area contributed by atoms with Gasteiger partial charge in [0.15, 0.2) is 11.4 Å². The second-order valence-electron chi connectivity index (χ2n) is 6.59. The lowest BCUT2D eigenvalue weighted by Gasteiger charge is -2.19. The summed E-state index contributed by atoms with van der Waals surface area (Å²) in [7, 11) is 0. The van der Waals surface area contributed by atoms with Crippen molar-refractivity contribution in [2.24, 2.45) is 0 Å².